The number of halogens is 1. The maximum absolute atomic E-state index is 13.3. The number of hydrogen-bond acceptors (Lipinski definition) is 6. The van der Waals surface area contributed by atoms with Gasteiger partial charge < -0.3 is 15.0 Å². The highest BCUT2D eigenvalue weighted by molar-refractivity contribution is 5.99. The van der Waals surface area contributed by atoms with Crippen LogP contribution in [0.25, 0.3) is 0 Å². The standard InChI is InChI=1S/C25H32FN5O4/c1-16-20(19-9-10-30(22(19)32)24(34)29-11-13-35-14-12-29)28-31(23(33)25(2,3)4)21(16)27-15-17-5-7-18(26)8-6-17/h5-8,19,27H,9-15H2,1-4H3. The first-order valence-corrected chi connectivity index (χ1v) is 11.9. The Labute approximate surface area is 204 Å². The van der Waals surface area contributed by atoms with Crippen molar-refractivity contribution in [3.05, 3.63) is 46.9 Å². The van der Waals surface area contributed by atoms with Crippen LogP contribution in [0.4, 0.5) is 15.0 Å². The van der Waals surface area contributed by atoms with Gasteiger partial charge in [0.2, 0.25) is 5.91 Å². The quantitative estimate of drug-likeness (QED) is 0.713. The molecule has 9 nitrogen and oxygen atoms in total. The van der Waals surface area contributed by atoms with Crippen molar-refractivity contribution in [2.45, 2.75) is 46.6 Å². The topological polar surface area (TPSA) is 96.8 Å². The van der Waals surface area contributed by atoms with Gasteiger partial charge >= 0.3 is 6.03 Å². The van der Waals surface area contributed by atoms with Gasteiger partial charge in [0.15, 0.2) is 0 Å². The van der Waals surface area contributed by atoms with Crippen LogP contribution in [0.3, 0.4) is 0 Å². The van der Waals surface area contributed by atoms with Gasteiger partial charge in [-0.05, 0) is 31.0 Å². The zero-order valence-electron chi connectivity index (χ0n) is 20.6. The Morgan fingerprint density at radius 1 is 1.14 bits per heavy atom. The SMILES string of the molecule is Cc1c(C2CCN(C(=O)N3CCOCC3)C2=O)nn(C(=O)C(C)(C)C)c1NCc1ccc(F)cc1. The second kappa shape index (κ2) is 9.77. The Morgan fingerprint density at radius 3 is 2.43 bits per heavy atom. The summed E-state index contributed by atoms with van der Waals surface area (Å²) in [4.78, 5) is 42.4. The molecule has 1 unspecified atom stereocenters. The lowest BCUT2D eigenvalue weighted by molar-refractivity contribution is -0.127. The first kappa shape index (κ1) is 24.8. The van der Waals surface area contributed by atoms with Crippen LogP contribution >= 0.6 is 0 Å². The number of benzene rings is 1. The van der Waals surface area contributed by atoms with E-state index in [2.05, 4.69) is 10.4 Å². The van der Waals surface area contributed by atoms with Gasteiger partial charge in [-0.3, -0.25) is 14.5 Å². The number of amides is 3. The van der Waals surface area contributed by atoms with Gasteiger partial charge in [-0.25, -0.2) is 9.18 Å². The molecule has 2 saturated heterocycles. The van der Waals surface area contributed by atoms with Crippen LogP contribution in [0.1, 0.15) is 54.7 Å². The van der Waals surface area contributed by atoms with Crippen LogP contribution in [0.5, 0.6) is 0 Å². The summed E-state index contributed by atoms with van der Waals surface area (Å²) in [6, 6.07) is 5.79. The fraction of sp³-hybridized carbons (Fsp3) is 0.520. The average molecular weight is 486 g/mol. The summed E-state index contributed by atoms with van der Waals surface area (Å²) >= 11 is 0. The summed E-state index contributed by atoms with van der Waals surface area (Å²) < 4.78 is 19.9. The Kier molecular flexibility index (Phi) is 6.93. The first-order valence-electron chi connectivity index (χ1n) is 11.9. The largest absolute Gasteiger partial charge is 0.378 e. The van der Waals surface area contributed by atoms with E-state index >= 15 is 0 Å². The molecule has 188 valence electrons. The van der Waals surface area contributed by atoms with Crippen LogP contribution < -0.4 is 5.32 Å². The number of carbonyl (C=O) groups excluding carboxylic acids is 3. The summed E-state index contributed by atoms with van der Waals surface area (Å²) in [5, 5.41) is 7.85. The third-order valence-electron chi connectivity index (χ3n) is 6.41. The molecule has 10 heteroatoms. The van der Waals surface area contributed by atoms with E-state index < -0.39 is 11.3 Å². The van der Waals surface area contributed by atoms with E-state index in [1.165, 1.54) is 21.7 Å². The molecule has 2 aliphatic rings. The van der Waals surface area contributed by atoms with Crippen molar-refractivity contribution in [1.82, 2.24) is 19.6 Å². The minimum Gasteiger partial charge on any atom is -0.378 e. The molecule has 2 aliphatic heterocycles. The Balaban J connectivity index is 1.61. The molecule has 1 aromatic carbocycles. The second-order valence-electron chi connectivity index (χ2n) is 10.0. The molecule has 1 aromatic heterocycles. The van der Waals surface area contributed by atoms with E-state index in [1.54, 1.807) is 37.8 Å². The van der Waals surface area contributed by atoms with Gasteiger partial charge in [0, 0.05) is 37.2 Å². The number of nitrogens with one attached hydrogen (secondary N) is 1. The van der Waals surface area contributed by atoms with Crippen LogP contribution in [-0.4, -0.2) is 70.3 Å². The zero-order chi connectivity index (χ0) is 25.3. The Morgan fingerprint density at radius 2 is 1.80 bits per heavy atom. The fourth-order valence-corrected chi connectivity index (χ4v) is 4.35. The molecule has 1 atom stereocenters. The van der Waals surface area contributed by atoms with E-state index in [0.29, 0.717) is 62.9 Å². The third kappa shape index (κ3) is 5.07. The van der Waals surface area contributed by atoms with Crippen molar-refractivity contribution >= 4 is 23.7 Å². The highest BCUT2D eigenvalue weighted by Crippen LogP contribution is 2.35. The number of anilines is 1. The number of ether oxygens (including phenoxy) is 1. The van der Waals surface area contributed by atoms with E-state index in [0.717, 1.165) is 5.56 Å². The van der Waals surface area contributed by atoms with E-state index in [-0.39, 0.29) is 23.7 Å². The molecule has 0 bridgehead atoms. The minimum absolute atomic E-state index is 0.222. The van der Waals surface area contributed by atoms with Crippen molar-refractivity contribution in [1.29, 1.82) is 0 Å². The molecular formula is C25H32FN5O4. The predicted octanol–water partition coefficient (Wildman–Crippen LogP) is 3.40. The molecule has 0 spiro atoms. The molecule has 0 saturated carbocycles. The normalized spacial score (nSPS) is 18.8. The van der Waals surface area contributed by atoms with Crippen LogP contribution in [-0.2, 0) is 16.1 Å². The van der Waals surface area contributed by atoms with Crippen molar-refractivity contribution in [3.8, 4) is 0 Å². The molecule has 1 N–H and O–H groups in total. The number of urea groups is 1. The smallest absolute Gasteiger partial charge is 0.326 e. The number of aromatic nitrogens is 2. The lowest BCUT2D eigenvalue weighted by atomic mass is 9.96. The number of morpholine rings is 1. The molecule has 0 radical (unpaired) electrons. The van der Waals surface area contributed by atoms with Gasteiger partial charge in [0.05, 0.1) is 24.8 Å². The first-order chi connectivity index (χ1) is 16.6. The molecule has 3 amide bonds. The molecular weight excluding hydrogens is 453 g/mol. The van der Waals surface area contributed by atoms with E-state index in [4.69, 9.17) is 4.74 Å². The lowest BCUT2D eigenvalue weighted by Crippen LogP contribution is -2.48. The molecule has 4 rings (SSSR count). The summed E-state index contributed by atoms with van der Waals surface area (Å²) in [7, 11) is 0. The summed E-state index contributed by atoms with van der Waals surface area (Å²) in [5.41, 5.74) is 1.30. The lowest BCUT2D eigenvalue weighted by Gasteiger charge is -2.30. The third-order valence-corrected chi connectivity index (χ3v) is 6.41. The monoisotopic (exact) mass is 485 g/mol. The van der Waals surface area contributed by atoms with Crippen LogP contribution in [0.15, 0.2) is 24.3 Å². The number of nitrogens with zero attached hydrogens (tertiary/aromatic N) is 4. The van der Waals surface area contributed by atoms with Crippen molar-refractivity contribution in [2.24, 2.45) is 5.41 Å². The molecule has 2 fully saturated rings. The Bertz CT molecular complexity index is 1120. The summed E-state index contributed by atoms with van der Waals surface area (Å²) in [5.74, 6) is -0.964. The number of rotatable bonds is 4. The molecule has 2 aromatic rings. The van der Waals surface area contributed by atoms with Crippen molar-refractivity contribution in [2.75, 3.05) is 38.2 Å². The predicted molar refractivity (Wildman–Crippen MR) is 128 cm³/mol. The van der Waals surface area contributed by atoms with Gasteiger partial charge in [-0.2, -0.15) is 9.78 Å². The van der Waals surface area contributed by atoms with Crippen LogP contribution in [0.2, 0.25) is 0 Å². The number of imide groups is 1. The van der Waals surface area contributed by atoms with Gasteiger partial charge in [-0.1, -0.05) is 32.9 Å². The maximum atomic E-state index is 13.3. The van der Waals surface area contributed by atoms with Crippen LogP contribution in [0, 0.1) is 18.2 Å². The highest BCUT2D eigenvalue weighted by Gasteiger charge is 2.42. The molecule has 35 heavy (non-hydrogen) atoms. The molecule has 3 heterocycles. The van der Waals surface area contributed by atoms with E-state index in [1.807, 2.05) is 6.92 Å². The Hall–Kier alpha value is -3.27. The number of carbonyl (C=O) groups is 3. The molecule has 0 aliphatic carbocycles. The zero-order valence-corrected chi connectivity index (χ0v) is 20.6. The van der Waals surface area contributed by atoms with E-state index in [9.17, 15) is 18.8 Å². The fourth-order valence-electron chi connectivity index (χ4n) is 4.35. The number of likely N-dealkylation sites (tertiary alicyclic amines) is 1. The van der Waals surface area contributed by atoms with Crippen molar-refractivity contribution < 1.29 is 23.5 Å². The number of hydrogen-bond donors (Lipinski definition) is 1. The minimum atomic E-state index is -0.708. The van der Waals surface area contributed by atoms with Gasteiger partial charge in [0.25, 0.3) is 5.91 Å². The van der Waals surface area contributed by atoms with Crippen molar-refractivity contribution in [3.63, 3.8) is 0 Å². The average Bonchev–Trinajstić information content (AvgIpc) is 3.37. The van der Waals surface area contributed by atoms with Gasteiger partial charge in [-0.15, -0.1) is 0 Å². The van der Waals surface area contributed by atoms with Gasteiger partial charge in [0.1, 0.15) is 11.6 Å². The second-order valence-corrected chi connectivity index (χ2v) is 10.0. The highest BCUT2D eigenvalue weighted by atomic mass is 19.1. The maximum Gasteiger partial charge on any atom is 0.326 e. The summed E-state index contributed by atoms with van der Waals surface area (Å²) in [6.45, 7) is 9.72. The summed E-state index contributed by atoms with van der Waals surface area (Å²) in [6.07, 6.45) is 0.438.